The predicted octanol–water partition coefficient (Wildman–Crippen LogP) is 0.186. The van der Waals surface area contributed by atoms with Crippen molar-refractivity contribution >= 4 is 51.7 Å². The highest BCUT2D eigenvalue weighted by atomic mass is 32.2. The van der Waals surface area contributed by atoms with E-state index in [1.165, 1.54) is 34.0 Å². The number of hydrogen-bond acceptors (Lipinski definition) is 9. The van der Waals surface area contributed by atoms with Gasteiger partial charge >= 0.3 is 5.97 Å². The first kappa shape index (κ1) is 25.0. The summed E-state index contributed by atoms with van der Waals surface area (Å²) >= 11 is 2.55. The molecule has 0 aromatic carbocycles. The molecule has 14 heteroatoms. The van der Waals surface area contributed by atoms with E-state index in [9.17, 15) is 19.5 Å². The van der Waals surface area contributed by atoms with Crippen molar-refractivity contribution in [2.75, 3.05) is 18.1 Å². The molecule has 12 nitrogen and oxygen atoms in total. The Bertz CT molecular complexity index is 1360. The highest BCUT2D eigenvalue weighted by molar-refractivity contribution is 8.00. The average molecular weight is 545 g/mol. The number of carboxylic acid groups (broad SMARTS) is 1. The summed E-state index contributed by atoms with van der Waals surface area (Å²) in [5, 5.41) is 17.8. The van der Waals surface area contributed by atoms with Gasteiger partial charge in [-0.25, -0.2) is 9.78 Å². The molecule has 2 amide bonds. The van der Waals surface area contributed by atoms with E-state index in [2.05, 4.69) is 32.9 Å². The number of β-lactam (4-membered cyclic amide) rings is 1. The van der Waals surface area contributed by atoms with Crippen LogP contribution in [0.2, 0.25) is 0 Å². The molecule has 1 fully saturated rings. The van der Waals surface area contributed by atoms with Crippen LogP contribution in [0.15, 0.2) is 40.7 Å². The highest BCUT2D eigenvalue weighted by Gasteiger charge is 2.55. The van der Waals surface area contributed by atoms with Crippen molar-refractivity contribution in [2.24, 2.45) is 12.2 Å². The molecule has 2 aromatic rings. The third-order valence-corrected chi connectivity index (χ3v) is 8.54. The lowest BCUT2D eigenvalue weighted by molar-refractivity contribution is -0.767. The molecule has 5 rings (SSSR count). The number of thiazole rings is 1. The van der Waals surface area contributed by atoms with E-state index in [0.717, 1.165) is 30.6 Å². The number of hydrogen-bond donors (Lipinski definition) is 3. The van der Waals surface area contributed by atoms with E-state index in [4.69, 9.17) is 10.6 Å². The smallest absolute Gasteiger partial charge is 0.352 e. The van der Waals surface area contributed by atoms with Crippen molar-refractivity contribution in [1.29, 1.82) is 0 Å². The summed E-state index contributed by atoms with van der Waals surface area (Å²) in [6.07, 6.45) is 6.68. The van der Waals surface area contributed by atoms with Crippen LogP contribution in [0.5, 0.6) is 0 Å². The van der Waals surface area contributed by atoms with Crippen LogP contribution in [-0.2, 0) is 45.7 Å². The first-order valence-electron chi connectivity index (χ1n) is 11.6. The largest absolute Gasteiger partial charge is 0.477 e. The minimum Gasteiger partial charge on any atom is -0.477 e. The molecule has 37 heavy (non-hydrogen) atoms. The number of nitrogens with zero attached hydrogens (tertiary/aromatic N) is 5. The van der Waals surface area contributed by atoms with E-state index in [1.807, 2.05) is 11.7 Å². The zero-order valence-electron chi connectivity index (χ0n) is 20.0. The number of nitrogens with two attached hydrogens (primary N) is 1. The number of aliphatic carboxylic acids is 1. The molecule has 0 radical (unpaired) electrons. The van der Waals surface area contributed by atoms with Crippen molar-refractivity contribution in [3.8, 4) is 0 Å². The minimum atomic E-state index is -1.17. The predicted molar refractivity (Wildman–Crippen MR) is 137 cm³/mol. The van der Waals surface area contributed by atoms with Gasteiger partial charge in [0.1, 0.15) is 29.4 Å². The Labute approximate surface area is 220 Å². The van der Waals surface area contributed by atoms with Gasteiger partial charge in [-0.2, -0.15) is 4.68 Å². The number of anilines is 1. The molecular formula is C23H26N7O5S2+. The number of fused-ring (bicyclic) bond motifs is 2. The highest BCUT2D eigenvalue weighted by Crippen LogP contribution is 2.40. The quantitative estimate of drug-likeness (QED) is 0.101. The lowest BCUT2D eigenvalue weighted by Gasteiger charge is -2.49. The molecule has 2 atom stereocenters. The zero-order valence-corrected chi connectivity index (χ0v) is 21.7. The topological polar surface area (TPSA) is 156 Å². The van der Waals surface area contributed by atoms with Gasteiger partial charge < -0.3 is 21.0 Å². The Morgan fingerprint density at radius 2 is 2.27 bits per heavy atom. The fourth-order valence-electron chi connectivity index (χ4n) is 4.80. The maximum atomic E-state index is 13.1. The second kappa shape index (κ2) is 10.0. The van der Waals surface area contributed by atoms with Crippen LogP contribution in [0.1, 0.15) is 23.4 Å². The van der Waals surface area contributed by atoms with E-state index >= 15 is 0 Å². The molecule has 2 aromatic heterocycles. The number of aromatic nitrogens is 3. The Hall–Kier alpha value is -3.65. The number of oxime groups is 1. The van der Waals surface area contributed by atoms with Gasteiger partial charge in [0, 0.05) is 22.3 Å². The third-order valence-electron chi connectivity index (χ3n) is 6.53. The average Bonchev–Trinajstić information content (AvgIpc) is 3.58. The van der Waals surface area contributed by atoms with Crippen LogP contribution in [0.25, 0.3) is 0 Å². The van der Waals surface area contributed by atoms with Crippen molar-refractivity contribution in [1.82, 2.24) is 19.9 Å². The van der Waals surface area contributed by atoms with E-state index < -0.39 is 29.2 Å². The summed E-state index contributed by atoms with van der Waals surface area (Å²) in [6, 6.07) is -0.916. The van der Waals surface area contributed by atoms with Gasteiger partial charge in [0.05, 0.1) is 12.7 Å². The summed E-state index contributed by atoms with van der Waals surface area (Å²) in [6.45, 7) is 3.98. The van der Waals surface area contributed by atoms with Crippen molar-refractivity contribution in [3.05, 3.63) is 52.5 Å². The molecule has 4 heterocycles. The molecule has 0 saturated carbocycles. The Balaban J connectivity index is 1.35. The van der Waals surface area contributed by atoms with Crippen molar-refractivity contribution in [3.63, 3.8) is 0 Å². The van der Waals surface area contributed by atoms with Gasteiger partial charge in [-0.3, -0.25) is 14.5 Å². The lowest BCUT2D eigenvalue weighted by Crippen LogP contribution is -2.71. The summed E-state index contributed by atoms with van der Waals surface area (Å²) in [5.41, 5.74) is 8.94. The number of nitrogen functional groups attached to an aromatic ring is 1. The van der Waals surface area contributed by atoms with Crippen LogP contribution in [-0.4, -0.2) is 66.9 Å². The maximum absolute atomic E-state index is 13.1. The third kappa shape index (κ3) is 4.50. The first-order chi connectivity index (χ1) is 17.8. The van der Waals surface area contributed by atoms with Crippen LogP contribution in [0.4, 0.5) is 5.13 Å². The molecular weight excluding hydrogens is 518 g/mol. The van der Waals surface area contributed by atoms with E-state index in [0.29, 0.717) is 17.9 Å². The molecule has 1 aliphatic carbocycles. The number of rotatable bonds is 9. The van der Waals surface area contributed by atoms with Crippen molar-refractivity contribution < 1.29 is 29.0 Å². The summed E-state index contributed by atoms with van der Waals surface area (Å²) in [5.74, 6) is -1.92. The standard InChI is InChI=1S/C23H25N7O5S2/c1-3-7-35-27-16(14-11-37-23(24)25-14)19(31)26-17-20(32)30-18(22(33)34)13(10-36-21(17)30)9-29-8-12-5-4-6-15(12)28(29)2/h3,8,11,17,21H,1,4-7,9-10H2,2H3,(H3-,24,25,26,31,33,34)/p+1/t17?,21-/m1/s1. The number of carboxylic acids is 1. The minimum absolute atomic E-state index is 0.0245. The normalized spacial score (nSPS) is 20.8. The summed E-state index contributed by atoms with van der Waals surface area (Å²) < 4.78 is 4.06. The molecule has 0 spiro atoms. The van der Waals surface area contributed by atoms with Crippen LogP contribution >= 0.6 is 23.1 Å². The van der Waals surface area contributed by atoms with E-state index in [-0.39, 0.29) is 28.8 Å². The maximum Gasteiger partial charge on any atom is 0.352 e. The van der Waals surface area contributed by atoms with Gasteiger partial charge in [-0.05, 0) is 19.3 Å². The number of carbonyl (C=O) groups is 3. The second-order valence-electron chi connectivity index (χ2n) is 8.79. The fraction of sp³-hybridized carbons (Fsp3) is 0.391. The molecule has 1 saturated heterocycles. The molecule has 1 unspecified atom stereocenters. The summed E-state index contributed by atoms with van der Waals surface area (Å²) in [4.78, 5) is 48.9. The number of aryl methyl sites for hydroxylation is 1. The van der Waals surface area contributed by atoms with Gasteiger partial charge in [-0.1, -0.05) is 17.8 Å². The Kier molecular flexibility index (Phi) is 6.77. The second-order valence-corrected chi connectivity index (χ2v) is 10.8. The zero-order chi connectivity index (χ0) is 26.3. The van der Waals surface area contributed by atoms with Crippen LogP contribution < -0.4 is 15.7 Å². The van der Waals surface area contributed by atoms with Crippen LogP contribution in [0.3, 0.4) is 0 Å². The monoisotopic (exact) mass is 544 g/mol. The fourth-order valence-corrected chi connectivity index (χ4v) is 6.68. The Morgan fingerprint density at radius 3 is 2.95 bits per heavy atom. The first-order valence-corrected chi connectivity index (χ1v) is 13.5. The molecule has 2 aliphatic heterocycles. The number of carbonyl (C=O) groups excluding carboxylic acids is 2. The Morgan fingerprint density at radius 1 is 1.46 bits per heavy atom. The van der Waals surface area contributed by atoms with Gasteiger partial charge in [-0.15, -0.1) is 27.8 Å². The molecule has 194 valence electrons. The SMILES string of the molecule is C=CCON=C(C(=O)NC1C(=O)N2C(C(=O)O)=C(C[n+]3cc4c(n3C)CCC4)CS[C@H]12)c1csc(N)n1. The van der Waals surface area contributed by atoms with Gasteiger partial charge in [0.15, 0.2) is 23.6 Å². The number of thioether (sulfide) groups is 1. The molecule has 4 N–H and O–H groups in total. The van der Waals surface area contributed by atoms with Gasteiger partial charge in [0.2, 0.25) is 0 Å². The molecule has 3 aliphatic rings. The summed E-state index contributed by atoms with van der Waals surface area (Å²) in [7, 11) is 1.97. The van der Waals surface area contributed by atoms with Crippen molar-refractivity contribution in [2.45, 2.75) is 37.2 Å². The number of nitrogens with one attached hydrogen (secondary N) is 1. The molecule has 0 bridgehead atoms. The van der Waals surface area contributed by atoms with Gasteiger partial charge in [0.25, 0.3) is 11.8 Å². The van der Waals surface area contributed by atoms with E-state index in [1.54, 1.807) is 5.38 Å². The van der Waals surface area contributed by atoms with Crippen LogP contribution in [0, 0.1) is 0 Å². The lowest BCUT2D eigenvalue weighted by atomic mass is 10.0. The number of amides is 2.